The van der Waals surface area contributed by atoms with Crippen molar-refractivity contribution in [3.05, 3.63) is 43.0 Å². The predicted octanol–water partition coefficient (Wildman–Crippen LogP) is 0.898. The SMILES string of the molecule is [CH]OC(C(N)=O)c1ccccc1. The fourth-order valence-corrected chi connectivity index (χ4v) is 0.938. The van der Waals surface area contributed by atoms with E-state index in [2.05, 4.69) is 4.74 Å². The molecule has 1 rings (SSSR count). The third-order valence-corrected chi connectivity index (χ3v) is 1.50. The summed E-state index contributed by atoms with van der Waals surface area (Å²) in [7, 11) is 4.90. The summed E-state index contributed by atoms with van der Waals surface area (Å²) in [6, 6.07) is 8.84. The molecule has 1 amide bonds. The zero-order valence-corrected chi connectivity index (χ0v) is 6.44. The molecule has 0 aliphatic heterocycles. The van der Waals surface area contributed by atoms with Crippen molar-refractivity contribution in [1.82, 2.24) is 0 Å². The van der Waals surface area contributed by atoms with Crippen LogP contribution in [0, 0.1) is 7.11 Å². The van der Waals surface area contributed by atoms with Crippen LogP contribution in [0.25, 0.3) is 0 Å². The van der Waals surface area contributed by atoms with E-state index in [9.17, 15) is 4.79 Å². The van der Waals surface area contributed by atoms with E-state index >= 15 is 0 Å². The first kappa shape index (κ1) is 8.74. The number of amides is 1. The van der Waals surface area contributed by atoms with Crippen molar-refractivity contribution >= 4 is 5.91 Å². The quantitative estimate of drug-likeness (QED) is 0.719. The standard InChI is InChI=1S/C9H9NO2/c1-12-8(9(10)11)7-5-3-2-4-6-7/h1-6,8H,(H2,10,11). The molecule has 0 heterocycles. The van der Waals surface area contributed by atoms with Crippen molar-refractivity contribution in [3.63, 3.8) is 0 Å². The molecule has 0 saturated heterocycles. The molecular formula is C9H9NO2. The summed E-state index contributed by atoms with van der Waals surface area (Å²) in [4.78, 5) is 10.7. The minimum atomic E-state index is -0.855. The second-order valence-corrected chi connectivity index (χ2v) is 2.33. The number of ether oxygens (including phenoxy) is 1. The summed E-state index contributed by atoms with van der Waals surface area (Å²) >= 11 is 0. The molecule has 0 fully saturated rings. The van der Waals surface area contributed by atoms with E-state index < -0.39 is 12.0 Å². The fraction of sp³-hybridized carbons (Fsp3) is 0.111. The average molecular weight is 163 g/mol. The van der Waals surface area contributed by atoms with Gasteiger partial charge in [-0.15, -0.1) is 0 Å². The summed E-state index contributed by atoms with van der Waals surface area (Å²) in [5.41, 5.74) is 5.70. The van der Waals surface area contributed by atoms with Gasteiger partial charge in [-0.1, -0.05) is 30.3 Å². The number of carbonyl (C=O) groups excluding carboxylic acids is 1. The lowest BCUT2D eigenvalue weighted by Crippen LogP contribution is -2.22. The van der Waals surface area contributed by atoms with Crippen LogP contribution >= 0.6 is 0 Å². The Morgan fingerprint density at radius 3 is 2.42 bits per heavy atom. The van der Waals surface area contributed by atoms with E-state index in [-0.39, 0.29) is 0 Å². The van der Waals surface area contributed by atoms with Crippen molar-refractivity contribution < 1.29 is 9.53 Å². The average Bonchev–Trinajstić information content (AvgIpc) is 2.07. The molecule has 1 aromatic rings. The first-order chi connectivity index (χ1) is 5.75. The maximum Gasteiger partial charge on any atom is 0.251 e. The highest BCUT2D eigenvalue weighted by Crippen LogP contribution is 2.15. The number of primary amides is 1. The van der Waals surface area contributed by atoms with E-state index in [1.807, 2.05) is 6.07 Å². The van der Waals surface area contributed by atoms with Crippen LogP contribution in [-0.4, -0.2) is 5.91 Å². The highest BCUT2D eigenvalue weighted by Gasteiger charge is 2.15. The van der Waals surface area contributed by atoms with E-state index in [4.69, 9.17) is 12.8 Å². The molecule has 0 aromatic heterocycles. The normalized spacial score (nSPS) is 12.4. The lowest BCUT2D eigenvalue weighted by molar-refractivity contribution is -0.126. The van der Waals surface area contributed by atoms with Gasteiger partial charge in [0.2, 0.25) is 0 Å². The first-order valence-electron chi connectivity index (χ1n) is 3.45. The Labute approximate surface area is 71.1 Å². The third-order valence-electron chi connectivity index (χ3n) is 1.50. The maximum atomic E-state index is 10.7. The molecule has 2 radical (unpaired) electrons. The number of nitrogens with two attached hydrogens (primary N) is 1. The van der Waals surface area contributed by atoms with Gasteiger partial charge in [-0.25, -0.2) is 0 Å². The van der Waals surface area contributed by atoms with Crippen LogP contribution in [0.3, 0.4) is 0 Å². The molecule has 0 spiro atoms. The van der Waals surface area contributed by atoms with E-state index in [1.165, 1.54) is 0 Å². The monoisotopic (exact) mass is 163 g/mol. The van der Waals surface area contributed by atoms with Crippen LogP contribution < -0.4 is 5.73 Å². The molecular weight excluding hydrogens is 154 g/mol. The predicted molar refractivity (Wildman–Crippen MR) is 43.8 cm³/mol. The van der Waals surface area contributed by atoms with E-state index in [1.54, 1.807) is 24.3 Å². The summed E-state index contributed by atoms with van der Waals surface area (Å²) in [6.45, 7) is 0. The Morgan fingerprint density at radius 1 is 1.42 bits per heavy atom. The molecule has 3 nitrogen and oxygen atoms in total. The van der Waals surface area contributed by atoms with Crippen molar-refractivity contribution in [2.45, 2.75) is 6.10 Å². The molecule has 62 valence electrons. The van der Waals surface area contributed by atoms with Crippen LogP contribution in [0.15, 0.2) is 30.3 Å². The largest absolute Gasteiger partial charge is 0.367 e. The summed E-state index contributed by atoms with van der Waals surface area (Å²) in [6.07, 6.45) is -0.855. The lowest BCUT2D eigenvalue weighted by Gasteiger charge is -2.10. The van der Waals surface area contributed by atoms with Gasteiger partial charge >= 0.3 is 0 Å². The fourth-order valence-electron chi connectivity index (χ4n) is 0.938. The van der Waals surface area contributed by atoms with Crippen LogP contribution in [0.4, 0.5) is 0 Å². The molecule has 0 saturated carbocycles. The third kappa shape index (κ3) is 1.83. The zero-order chi connectivity index (χ0) is 8.97. The van der Waals surface area contributed by atoms with Gasteiger partial charge in [-0.2, -0.15) is 0 Å². The highest BCUT2D eigenvalue weighted by atomic mass is 16.5. The van der Waals surface area contributed by atoms with Crippen LogP contribution in [0.2, 0.25) is 0 Å². The number of benzene rings is 1. The minimum absolute atomic E-state index is 0.594. The topological polar surface area (TPSA) is 52.3 Å². The molecule has 1 atom stereocenters. The second-order valence-electron chi connectivity index (χ2n) is 2.33. The van der Waals surface area contributed by atoms with Gasteiger partial charge in [-0.3, -0.25) is 4.79 Å². The van der Waals surface area contributed by atoms with Gasteiger partial charge in [0, 0.05) is 0 Å². The van der Waals surface area contributed by atoms with Gasteiger partial charge in [0.25, 0.3) is 5.91 Å². The molecule has 1 unspecified atom stereocenters. The lowest BCUT2D eigenvalue weighted by atomic mass is 10.1. The second kappa shape index (κ2) is 3.88. The number of carbonyl (C=O) groups is 1. The molecule has 3 heteroatoms. The number of hydrogen-bond donors (Lipinski definition) is 1. The van der Waals surface area contributed by atoms with Gasteiger partial charge < -0.3 is 10.5 Å². The zero-order valence-electron chi connectivity index (χ0n) is 6.44. The van der Waals surface area contributed by atoms with E-state index in [0.29, 0.717) is 5.56 Å². The van der Waals surface area contributed by atoms with Crippen LogP contribution in [0.1, 0.15) is 11.7 Å². The van der Waals surface area contributed by atoms with Gasteiger partial charge in [-0.05, 0) is 5.56 Å². The number of rotatable bonds is 3. The summed E-state index contributed by atoms with van der Waals surface area (Å²) < 4.78 is 4.42. The minimum Gasteiger partial charge on any atom is -0.367 e. The molecule has 0 aliphatic carbocycles. The number of hydrogen-bond acceptors (Lipinski definition) is 2. The Hall–Kier alpha value is -1.35. The van der Waals surface area contributed by atoms with Crippen molar-refractivity contribution in [3.8, 4) is 0 Å². The Morgan fingerprint density at radius 2 is 2.00 bits per heavy atom. The summed E-state index contributed by atoms with van der Waals surface area (Å²) in [5.74, 6) is -0.594. The Balaban J connectivity index is 2.88. The maximum absolute atomic E-state index is 10.7. The molecule has 1 aromatic carbocycles. The van der Waals surface area contributed by atoms with Crippen molar-refractivity contribution in [2.24, 2.45) is 5.73 Å². The molecule has 12 heavy (non-hydrogen) atoms. The molecule has 2 N–H and O–H groups in total. The highest BCUT2D eigenvalue weighted by molar-refractivity contribution is 5.80. The summed E-state index contributed by atoms with van der Waals surface area (Å²) in [5, 5.41) is 0. The van der Waals surface area contributed by atoms with Gasteiger partial charge in [0.15, 0.2) is 6.10 Å². The van der Waals surface area contributed by atoms with Crippen LogP contribution in [-0.2, 0) is 9.53 Å². The van der Waals surface area contributed by atoms with Crippen molar-refractivity contribution in [1.29, 1.82) is 0 Å². The Kier molecular flexibility index (Phi) is 2.82. The van der Waals surface area contributed by atoms with Crippen LogP contribution in [0.5, 0.6) is 0 Å². The Bertz CT molecular complexity index is 258. The molecule has 0 bridgehead atoms. The first-order valence-corrected chi connectivity index (χ1v) is 3.45. The van der Waals surface area contributed by atoms with E-state index in [0.717, 1.165) is 0 Å². The molecule has 0 aliphatic rings. The van der Waals surface area contributed by atoms with Crippen molar-refractivity contribution in [2.75, 3.05) is 0 Å². The smallest absolute Gasteiger partial charge is 0.251 e. The van der Waals surface area contributed by atoms with Gasteiger partial charge in [0.05, 0.1) is 0 Å². The van der Waals surface area contributed by atoms with Gasteiger partial charge in [0.1, 0.15) is 7.11 Å².